The molecular weight excluding hydrogens is 232 g/mol. The Labute approximate surface area is 109 Å². The lowest BCUT2D eigenvalue weighted by Gasteiger charge is -2.31. The van der Waals surface area contributed by atoms with Gasteiger partial charge in [-0.15, -0.1) is 0 Å². The molecule has 0 fully saturated rings. The van der Waals surface area contributed by atoms with Crippen LogP contribution in [-0.4, -0.2) is 6.54 Å². The van der Waals surface area contributed by atoms with Crippen LogP contribution in [0.3, 0.4) is 0 Å². The van der Waals surface area contributed by atoms with E-state index in [-0.39, 0.29) is 17.3 Å². The monoisotopic (exact) mass is 255 g/mol. The Bertz CT molecular complexity index is 399. The molecule has 0 saturated heterocycles. The van der Waals surface area contributed by atoms with Crippen LogP contribution in [0.1, 0.15) is 46.2 Å². The summed E-state index contributed by atoms with van der Waals surface area (Å²) in [5.74, 6) is -0.239. The zero-order valence-corrected chi connectivity index (χ0v) is 11.8. The van der Waals surface area contributed by atoms with Crippen LogP contribution in [0.5, 0.6) is 0 Å². The highest BCUT2D eigenvalue weighted by Gasteiger charge is 2.23. The van der Waals surface area contributed by atoms with Gasteiger partial charge in [-0.05, 0) is 36.5 Å². The lowest BCUT2D eigenvalue weighted by Crippen LogP contribution is -2.35. The van der Waals surface area contributed by atoms with Crippen LogP contribution in [0.25, 0.3) is 0 Å². The molecule has 0 heterocycles. The topological polar surface area (TPSA) is 12.0 Å². The summed E-state index contributed by atoms with van der Waals surface area (Å²) in [6, 6.07) is 3.38. The number of rotatable bonds is 5. The molecule has 18 heavy (non-hydrogen) atoms. The van der Waals surface area contributed by atoms with Gasteiger partial charge >= 0.3 is 0 Å². The second-order valence-electron chi connectivity index (χ2n) is 5.91. The standard InChI is InChI=1S/C15H23F2N/c1-10(2)15(4,5)9-18-11(3)13-8-12(16)6-7-14(13)17/h6-8,10-11,18H,9H2,1-5H3. The molecule has 0 aliphatic heterocycles. The van der Waals surface area contributed by atoms with Crippen LogP contribution < -0.4 is 5.32 Å². The summed E-state index contributed by atoms with van der Waals surface area (Å²) in [7, 11) is 0. The molecule has 0 aliphatic rings. The van der Waals surface area contributed by atoms with Crippen molar-refractivity contribution in [3.05, 3.63) is 35.4 Å². The van der Waals surface area contributed by atoms with Crippen molar-refractivity contribution in [1.82, 2.24) is 5.32 Å². The van der Waals surface area contributed by atoms with Crippen molar-refractivity contribution in [2.24, 2.45) is 11.3 Å². The smallest absolute Gasteiger partial charge is 0.128 e. The third-order valence-corrected chi connectivity index (χ3v) is 3.85. The van der Waals surface area contributed by atoms with Crippen LogP contribution in [-0.2, 0) is 0 Å². The van der Waals surface area contributed by atoms with E-state index in [1.165, 1.54) is 12.1 Å². The van der Waals surface area contributed by atoms with Gasteiger partial charge in [0.05, 0.1) is 0 Å². The second-order valence-corrected chi connectivity index (χ2v) is 5.91. The van der Waals surface area contributed by atoms with Crippen LogP contribution in [0, 0.1) is 23.0 Å². The molecule has 0 spiro atoms. The molecule has 1 aromatic carbocycles. The minimum Gasteiger partial charge on any atom is -0.310 e. The maximum absolute atomic E-state index is 13.6. The van der Waals surface area contributed by atoms with Gasteiger partial charge in [-0.2, -0.15) is 0 Å². The van der Waals surface area contributed by atoms with Crippen LogP contribution in [0.15, 0.2) is 18.2 Å². The van der Waals surface area contributed by atoms with Crippen LogP contribution in [0.2, 0.25) is 0 Å². The first kappa shape index (κ1) is 15.1. The second kappa shape index (κ2) is 5.79. The van der Waals surface area contributed by atoms with Crippen molar-refractivity contribution < 1.29 is 8.78 Å². The Morgan fingerprint density at radius 2 is 1.78 bits per heavy atom. The molecule has 1 aromatic rings. The molecule has 1 N–H and O–H groups in total. The van der Waals surface area contributed by atoms with Crippen molar-refractivity contribution in [2.75, 3.05) is 6.54 Å². The summed E-state index contributed by atoms with van der Waals surface area (Å²) < 4.78 is 26.7. The molecule has 1 unspecified atom stereocenters. The highest BCUT2D eigenvalue weighted by molar-refractivity contribution is 5.21. The summed E-state index contributed by atoms with van der Waals surface area (Å²) in [6.07, 6.45) is 0. The molecule has 3 heteroatoms. The summed E-state index contributed by atoms with van der Waals surface area (Å²) in [5.41, 5.74) is 0.507. The highest BCUT2D eigenvalue weighted by atomic mass is 19.1. The lowest BCUT2D eigenvalue weighted by atomic mass is 9.81. The fraction of sp³-hybridized carbons (Fsp3) is 0.600. The fourth-order valence-corrected chi connectivity index (χ4v) is 1.58. The fourth-order valence-electron chi connectivity index (χ4n) is 1.58. The minimum atomic E-state index is -0.400. The minimum absolute atomic E-state index is 0.123. The number of hydrogen-bond donors (Lipinski definition) is 1. The van der Waals surface area contributed by atoms with E-state index in [0.717, 1.165) is 12.6 Å². The average Bonchev–Trinajstić information content (AvgIpc) is 2.29. The normalized spacial score (nSPS) is 14.0. The SMILES string of the molecule is CC(NCC(C)(C)C(C)C)c1cc(F)ccc1F. The molecular formula is C15H23F2N. The Hall–Kier alpha value is -0.960. The van der Waals surface area contributed by atoms with E-state index < -0.39 is 5.82 Å². The van der Waals surface area contributed by atoms with Gasteiger partial charge < -0.3 is 5.32 Å². The van der Waals surface area contributed by atoms with E-state index in [1.54, 1.807) is 0 Å². The molecule has 102 valence electrons. The number of halogens is 2. The maximum Gasteiger partial charge on any atom is 0.128 e. The van der Waals surface area contributed by atoms with Crippen molar-refractivity contribution in [2.45, 2.75) is 40.7 Å². The predicted molar refractivity (Wildman–Crippen MR) is 71.4 cm³/mol. The maximum atomic E-state index is 13.6. The Balaban J connectivity index is 2.71. The summed E-state index contributed by atoms with van der Waals surface area (Å²) in [6.45, 7) is 11.3. The summed E-state index contributed by atoms with van der Waals surface area (Å²) in [4.78, 5) is 0. The molecule has 0 aliphatic carbocycles. The van der Waals surface area contributed by atoms with Gasteiger partial charge in [0, 0.05) is 18.2 Å². The van der Waals surface area contributed by atoms with Gasteiger partial charge in [-0.1, -0.05) is 27.7 Å². The highest BCUT2D eigenvalue weighted by Crippen LogP contribution is 2.26. The predicted octanol–water partition coefficient (Wildman–Crippen LogP) is 4.30. The average molecular weight is 255 g/mol. The molecule has 1 rings (SSSR count). The number of benzene rings is 1. The molecule has 0 radical (unpaired) electrons. The zero-order chi connectivity index (χ0) is 13.9. The first-order valence-corrected chi connectivity index (χ1v) is 6.42. The van der Waals surface area contributed by atoms with E-state index in [0.29, 0.717) is 11.5 Å². The van der Waals surface area contributed by atoms with E-state index in [1.807, 2.05) is 6.92 Å². The van der Waals surface area contributed by atoms with E-state index in [2.05, 4.69) is 33.0 Å². The van der Waals surface area contributed by atoms with Crippen LogP contribution >= 0.6 is 0 Å². The zero-order valence-electron chi connectivity index (χ0n) is 11.8. The third-order valence-electron chi connectivity index (χ3n) is 3.85. The first-order chi connectivity index (χ1) is 8.24. The molecule has 1 atom stereocenters. The van der Waals surface area contributed by atoms with Crippen molar-refractivity contribution in [1.29, 1.82) is 0 Å². The Morgan fingerprint density at radius 1 is 1.17 bits per heavy atom. The summed E-state index contributed by atoms with van der Waals surface area (Å²) in [5, 5.41) is 3.28. The van der Waals surface area contributed by atoms with Crippen molar-refractivity contribution in [3.63, 3.8) is 0 Å². The van der Waals surface area contributed by atoms with Crippen molar-refractivity contribution >= 4 is 0 Å². The first-order valence-electron chi connectivity index (χ1n) is 6.42. The van der Waals surface area contributed by atoms with Gasteiger partial charge in [0.25, 0.3) is 0 Å². The van der Waals surface area contributed by atoms with Gasteiger partial charge in [-0.3, -0.25) is 0 Å². The van der Waals surface area contributed by atoms with Gasteiger partial charge in [0.2, 0.25) is 0 Å². The van der Waals surface area contributed by atoms with Crippen LogP contribution in [0.4, 0.5) is 8.78 Å². The van der Waals surface area contributed by atoms with E-state index >= 15 is 0 Å². The molecule has 0 bridgehead atoms. The van der Waals surface area contributed by atoms with E-state index in [9.17, 15) is 8.78 Å². The quantitative estimate of drug-likeness (QED) is 0.827. The number of nitrogens with one attached hydrogen (secondary N) is 1. The third kappa shape index (κ3) is 3.77. The van der Waals surface area contributed by atoms with E-state index in [4.69, 9.17) is 0 Å². The Morgan fingerprint density at radius 3 is 2.33 bits per heavy atom. The molecule has 0 aromatic heterocycles. The van der Waals surface area contributed by atoms with Crippen molar-refractivity contribution in [3.8, 4) is 0 Å². The summed E-state index contributed by atoms with van der Waals surface area (Å²) >= 11 is 0. The van der Waals surface area contributed by atoms with Gasteiger partial charge in [-0.25, -0.2) is 8.78 Å². The Kier molecular flexibility index (Phi) is 4.85. The molecule has 0 amide bonds. The molecule has 0 saturated carbocycles. The molecule has 1 nitrogen and oxygen atoms in total. The van der Waals surface area contributed by atoms with Gasteiger partial charge in [0.15, 0.2) is 0 Å². The largest absolute Gasteiger partial charge is 0.310 e. The lowest BCUT2D eigenvalue weighted by molar-refractivity contribution is 0.230. The van der Waals surface area contributed by atoms with Gasteiger partial charge in [0.1, 0.15) is 11.6 Å². The number of hydrogen-bond acceptors (Lipinski definition) is 1.